The maximum Gasteiger partial charge on any atom is 0.391 e. The quantitative estimate of drug-likeness (QED) is 0.791. The van der Waals surface area contributed by atoms with Gasteiger partial charge in [0.05, 0.1) is 5.92 Å². The third kappa shape index (κ3) is 3.56. The molecule has 1 aromatic rings. The molecule has 0 saturated heterocycles. The van der Waals surface area contributed by atoms with Crippen LogP contribution in [0.5, 0.6) is 0 Å². The smallest absolute Gasteiger partial charge is 0.382 e. The summed E-state index contributed by atoms with van der Waals surface area (Å²) < 4.78 is 38.2. The molecule has 0 amide bonds. The Labute approximate surface area is 116 Å². The van der Waals surface area contributed by atoms with Crippen molar-refractivity contribution in [3.8, 4) is 0 Å². The molecule has 0 radical (unpaired) electrons. The summed E-state index contributed by atoms with van der Waals surface area (Å²) in [5, 5.41) is 3.84. The average molecular weight is 292 g/mol. The van der Waals surface area contributed by atoms with Gasteiger partial charge in [0, 0.05) is 16.8 Å². The number of hydrogen-bond acceptors (Lipinski definition) is 1. The molecule has 19 heavy (non-hydrogen) atoms. The molecule has 0 bridgehead atoms. The first-order chi connectivity index (χ1) is 8.88. The Morgan fingerprint density at radius 3 is 2.68 bits per heavy atom. The van der Waals surface area contributed by atoms with Crippen LogP contribution in [0.2, 0.25) is 5.02 Å². The lowest BCUT2D eigenvalue weighted by atomic mass is 9.85. The maximum absolute atomic E-state index is 12.7. The lowest BCUT2D eigenvalue weighted by Crippen LogP contribution is -2.34. The van der Waals surface area contributed by atoms with Crippen molar-refractivity contribution in [1.82, 2.24) is 0 Å². The van der Waals surface area contributed by atoms with E-state index < -0.39 is 12.1 Å². The zero-order chi connectivity index (χ0) is 14.0. The lowest BCUT2D eigenvalue weighted by Gasteiger charge is -2.32. The fraction of sp³-hybridized carbons (Fsp3) is 0.571. The highest BCUT2D eigenvalue weighted by molar-refractivity contribution is 6.31. The molecule has 2 atom stereocenters. The molecule has 5 heteroatoms. The molecule has 1 aliphatic carbocycles. The van der Waals surface area contributed by atoms with Gasteiger partial charge in [-0.3, -0.25) is 0 Å². The van der Waals surface area contributed by atoms with Crippen LogP contribution in [0.3, 0.4) is 0 Å². The van der Waals surface area contributed by atoms with E-state index in [2.05, 4.69) is 5.32 Å². The van der Waals surface area contributed by atoms with Crippen LogP contribution in [0.15, 0.2) is 18.2 Å². The van der Waals surface area contributed by atoms with E-state index in [-0.39, 0.29) is 18.9 Å². The number of rotatable bonds is 2. The van der Waals surface area contributed by atoms with Gasteiger partial charge in [0.2, 0.25) is 0 Å². The van der Waals surface area contributed by atoms with Crippen LogP contribution in [0.25, 0.3) is 0 Å². The summed E-state index contributed by atoms with van der Waals surface area (Å²) in [6.45, 7) is 1.87. The molecule has 2 rings (SSSR count). The maximum atomic E-state index is 12.7. The molecule has 1 aromatic carbocycles. The van der Waals surface area contributed by atoms with Crippen LogP contribution in [-0.4, -0.2) is 12.2 Å². The van der Waals surface area contributed by atoms with Crippen LogP contribution in [0.1, 0.15) is 31.2 Å². The van der Waals surface area contributed by atoms with Gasteiger partial charge in [-0.05, 0) is 43.9 Å². The first kappa shape index (κ1) is 14.5. The van der Waals surface area contributed by atoms with Gasteiger partial charge in [-0.15, -0.1) is 0 Å². The Morgan fingerprint density at radius 2 is 2.00 bits per heavy atom. The monoisotopic (exact) mass is 291 g/mol. The predicted octanol–water partition coefficient (Wildman–Crippen LogP) is 5.18. The van der Waals surface area contributed by atoms with E-state index in [0.717, 1.165) is 17.7 Å². The highest BCUT2D eigenvalue weighted by Crippen LogP contribution is 2.38. The number of benzene rings is 1. The van der Waals surface area contributed by atoms with Crippen LogP contribution in [-0.2, 0) is 0 Å². The van der Waals surface area contributed by atoms with Crippen molar-refractivity contribution in [2.75, 3.05) is 5.32 Å². The Bertz CT molecular complexity index is 445. The molecule has 1 nitrogen and oxygen atoms in total. The van der Waals surface area contributed by atoms with Crippen LogP contribution in [0, 0.1) is 12.8 Å². The van der Waals surface area contributed by atoms with Gasteiger partial charge in [-0.25, -0.2) is 0 Å². The van der Waals surface area contributed by atoms with E-state index in [0.29, 0.717) is 11.4 Å². The number of anilines is 1. The third-order valence-corrected chi connectivity index (χ3v) is 4.17. The van der Waals surface area contributed by atoms with Gasteiger partial charge in [0.25, 0.3) is 0 Å². The van der Waals surface area contributed by atoms with E-state index in [1.807, 2.05) is 19.1 Å². The molecule has 0 heterocycles. The molecular formula is C14H17ClF3N. The zero-order valence-electron chi connectivity index (χ0n) is 10.7. The van der Waals surface area contributed by atoms with Crippen LogP contribution < -0.4 is 5.32 Å². The molecule has 1 N–H and O–H groups in total. The van der Waals surface area contributed by atoms with E-state index in [9.17, 15) is 13.2 Å². The molecule has 2 unspecified atom stereocenters. The summed E-state index contributed by atoms with van der Waals surface area (Å²) in [7, 11) is 0. The van der Waals surface area contributed by atoms with Crippen molar-refractivity contribution in [1.29, 1.82) is 0 Å². The van der Waals surface area contributed by atoms with Crippen molar-refractivity contribution in [2.24, 2.45) is 5.92 Å². The van der Waals surface area contributed by atoms with Gasteiger partial charge < -0.3 is 5.32 Å². The number of halogens is 4. The van der Waals surface area contributed by atoms with Crippen molar-refractivity contribution in [2.45, 2.75) is 44.8 Å². The molecule has 0 spiro atoms. The fourth-order valence-corrected chi connectivity index (χ4v) is 2.78. The summed E-state index contributed by atoms with van der Waals surface area (Å²) in [4.78, 5) is 0. The van der Waals surface area contributed by atoms with E-state index >= 15 is 0 Å². The fourth-order valence-electron chi connectivity index (χ4n) is 2.60. The largest absolute Gasteiger partial charge is 0.391 e. The Kier molecular flexibility index (Phi) is 4.29. The van der Waals surface area contributed by atoms with Crippen LogP contribution >= 0.6 is 11.6 Å². The van der Waals surface area contributed by atoms with E-state index in [1.165, 1.54) is 0 Å². The molecule has 0 aliphatic heterocycles. The topological polar surface area (TPSA) is 12.0 Å². The van der Waals surface area contributed by atoms with Gasteiger partial charge in [-0.1, -0.05) is 24.1 Å². The SMILES string of the molecule is Cc1c(Cl)cccc1NC1CCCC(C(F)(F)F)C1. The first-order valence-corrected chi connectivity index (χ1v) is 6.84. The van der Waals surface area contributed by atoms with Crippen LogP contribution in [0.4, 0.5) is 18.9 Å². The average Bonchev–Trinajstić information content (AvgIpc) is 2.34. The molecule has 1 fully saturated rings. The van der Waals surface area contributed by atoms with Crippen molar-refractivity contribution >= 4 is 17.3 Å². The molecule has 1 saturated carbocycles. The second-order valence-electron chi connectivity index (χ2n) is 5.16. The molecule has 106 valence electrons. The van der Waals surface area contributed by atoms with Gasteiger partial charge in [0.1, 0.15) is 0 Å². The van der Waals surface area contributed by atoms with Crippen molar-refractivity contribution < 1.29 is 13.2 Å². The van der Waals surface area contributed by atoms with E-state index in [4.69, 9.17) is 11.6 Å². The summed E-state index contributed by atoms with van der Waals surface area (Å²) in [6.07, 6.45) is -2.30. The summed E-state index contributed by atoms with van der Waals surface area (Å²) in [5.41, 5.74) is 1.72. The second-order valence-corrected chi connectivity index (χ2v) is 5.57. The zero-order valence-corrected chi connectivity index (χ0v) is 11.5. The summed E-state index contributed by atoms with van der Waals surface area (Å²) >= 11 is 6.01. The Morgan fingerprint density at radius 1 is 1.26 bits per heavy atom. The number of nitrogens with one attached hydrogen (secondary N) is 1. The van der Waals surface area contributed by atoms with E-state index in [1.54, 1.807) is 6.07 Å². The van der Waals surface area contributed by atoms with Crippen molar-refractivity contribution in [3.05, 3.63) is 28.8 Å². The number of alkyl halides is 3. The minimum absolute atomic E-state index is 0.127. The second kappa shape index (κ2) is 5.61. The third-order valence-electron chi connectivity index (χ3n) is 3.76. The van der Waals surface area contributed by atoms with Gasteiger partial charge in [-0.2, -0.15) is 13.2 Å². The molecule has 0 aromatic heterocycles. The van der Waals surface area contributed by atoms with Gasteiger partial charge >= 0.3 is 6.18 Å². The predicted molar refractivity (Wildman–Crippen MR) is 71.6 cm³/mol. The minimum atomic E-state index is -4.08. The highest BCUT2D eigenvalue weighted by Gasteiger charge is 2.42. The van der Waals surface area contributed by atoms with Crippen molar-refractivity contribution in [3.63, 3.8) is 0 Å². The summed E-state index contributed by atoms with van der Waals surface area (Å²) in [6, 6.07) is 5.32. The Hall–Kier alpha value is -0.900. The summed E-state index contributed by atoms with van der Waals surface area (Å²) in [5.74, 6) is -1.18. The standard InChI is InChI=1S/C14H17ClF3N/c1-9-12(15)6-3-7-13(9)19-11-5-2-4-10(8-11)14(16,17)18/h3,6-7,10-11,19H,2,4-5,8H2,1H3. The molecule has 1 aliphatic rings. The first-order valence-electron chi connectivity index (χ1n) is 6.46. The number of hydrogen-bond donors (Lipinski definition) is 1. The highest BCUT2D eigenvalue weighted by atomic mass is 35.5. The minimum Gasteiger partial charge on any atom is -0.382 e. The lowest BCUT2D eigenvalue weighted by molar-refractivity contribution is -0.182. The Balaban J connectivity index is 2.05. The molecular weight excluding hydrogens is 275 g/mol. The normalized spacial score (nSPS) is 24.3. The van der Waals surface area contributed by atoms with Gasteiger partial charge in [0.15, 0.2) is 0 Å².